The first-order chi connectivity index (χ1) is 19.2. The van der Waals surface area contributed by atoms with Crippen LogP contribution < -0.4 is 9.54 Å². The number of sulfonamides is 1. The van der Waals surface area contributed by atoms with Gasteiger partial charge in [0, 0.05) is 25.0 Å². The van der Waals surface area contributed by atoms with Gasteiger partial charge in [0.1, 0.15) is 5.75 Å². The molecule has 0 N–H and O–H groups in total. The number of halogens is 3. The molecule has 1 aliphatic heterocycles. The van der Waals surface area contributed by atoms with Crippen molar-refractivity contribution in [2.24, 2.45) is 4.99 Å². The van der Waals surface area contributed by atoms with Gasteiger partial charge in [0.2, 0.25) is 10.0 Å². The zero-order valence-corrected chi connectivity index (χ0v) is 22.9. The topological polar surface area (TPSA) is 73.1 Å². The van der Waals surface area contributed by atoms with Crippen molar-refractivity contribution in [3.63, 3.8) is 0 Å². The van der Waals surface area contributed by atoms with E-state index in [1.165, 1.54) is 39.9 Å². The first kappa shape index (κ1) is 28.1. The van der Waals surface area contributed by atoms with Crippen LogP contribution in [0.2, 0.25) is 0 Å². The summed E-state index contributed by atoms with van der Waals surface area (Å²) in [7, 11) is -3.62. The molecule has 3 aromatic carbocycles. The summed E-state index contributed by atoms with van der Waals surface area (Å²) in [5, 5.41) is 1.94. The highest BCUT2D eigenvalue weighted by Gasteiger charge is 2.31. The lowest BCUT2D eigenvalue weighted by Gasteiger charge is -2.26. The van der Waals surface area contributed by atoms with E-state index in [1.807, 2.05) is 40.3 Å². The maximum absolute atomic E-state index is 13.1. The average Bonchev–Trinajstić information content (AvgIpc) is 3.35. The third kappa shape index (κ3) is 6.81. The van der Waals surface area contributed by atoms with Gasteiger partial charge in [0.15, 0.2) is 4.80 Å². The highest BCUT2D eigenvalue weighted by Crippen LogP contribution is 2.27. The van der Waals surface area contributed by atoms with Gasteiger partial charge in [-0.3, -0.25) is 0 Å². The Morgan fingerprint density at radius 3 is 2.25 bits per heavy atom. The van der Waals surface area contributed by atoms with Crippen LogP contribution in [0.4, 0.5) is 18.9 Å². The molecule has 2 heterocycles. The van der Waals surface area contributed by atoms with Crippen molar-refractivity contribution in [3.05, 3.63) is 94.6 Å². The number of hydrogen-bond acceptors (Lipinski definition) is 6. The van der Waals surface area contributed by atoms with E-state index in [9.17, 15) is 21.6 Å². The van der Waals surface area contributed by atoms with E-state index in [0.29, 0.717) is 43.3 Å². The molecular formula is C28H26F3N3O4S2. The van der Waals surface area contributed by atoms with Gasteiger partial charge in [0.05, 0.1) is 29.5 Å². The van der Waals surface area contributed by atoms with Crippen LogP contribution in [0.3, 0.4) is 0 Å². The lowest BCUT2D eigenvalue weighted by atomic mass is 10.1. The Morgan fingerprint density at radius 1 is 0.925 bits per heavy atom. The minimum absolute atomic E-state index is 0.218. The molecule has 0 amide bonds. The summed E-state index contributed by atoms with van der Waals surface area (Å²) in [6.45, 7) is 1.98. The van der Waals surface area contributed by atoms with Gasteiger partial charge in [-0.15, -0.1) is 24.5 Å². The highest BCUT2D eigenvalue weighted by molar-refractivity contribution is 7.89. The molecule has 5 rings (SSSR count). The minimum Gasteiger partial charge on any atom is -0.406 e. The van der Waals surface area contributed by atoms with Gasteiger partial charge in [-0.2, -0.15) is 4.31 Å². The average molecular weight is 590 g/mol. The minimum atomic E-state index is -4.77. The van der Waals surface area contributed by atoms with Crippen molar-refractivity contribution < 1.29 is 31.1 Å². The Labute approximate surface area is 233 Å². The number of aromatic nitrogens is 1. The fourth-order valence-electron chi connectivity index (χ4n) is 4.32. The van der Waals surface area contributed by atoms with Crippen molar-refractivity contribution in [1.29, 1.82) is 0 Å². The van der Waals surface area contributed by atoms with Crippen molar-refractivity contribution in [3.8, 4) is 17.0 Å². The zero-order chi connectivity index (χ0) is 28.2. The fraction of sp³-hybridized carbons (Fsp3) is 0.250. The normalized spacial score (nSPS) is 15.3. The predicted molar refractivity (Wildman–Crippen MR) is 146 cm³/mol. The summed E-state index contributed by atoms with van der Waals surface area (Å²) in [6, 6.07) is 22.1. The van der Waals surface area contributed by atoms with Crippen LogP contribution >= 0.6 is 11.3 Å². The summed E-state index contributed by atoms with van der Waals surface area (Å²) in [6.07, 6.45) is -4.04. The molecule has 0 radical (unpaired) electrons. The maximum Gasteiger partial charge on any atom is 0.573 e. The third-order valence-electron chi connectivity index (χ3n) is 6.32. The maximum atomic E-state index is 13.1. The smallest absolute Gasteiger partial charge is 0.406 e. The van der Waals surface area contributed by atoms with Crippen molar-refractivity contribution in [1.82, 2.24) is 8.87 Å². The number of benzene rings is 3. The number of rotatable bonds is 8. The quantitative estimate of drug-likeness (QED) is 0.268. The van der Waals surface area contributed by atoms with E-state index < -0.39 is 16.4 Å². The van der Waals surface area contributed by atoms with Crippen LogP contribution in [0.1, 0.15) is 5.56 Å². The summed E-state index contributed by atoms with van der Waals surface area (Å²) < 4.78 is 76.4. The Morgan fingerprint density at radius 2 is 1.60 bits per heavy atom. The third-order valence-corrected chi connectivity index (χ3v) is 9.09. The Hall–Kier alpha value is -3.45. The van der Waals surface area contributed by atoms with E-state index in [0.717, 1.165) is 23.2 Å². The number of nitrogens with zero attached hydrogens (tertiary/aromatic N) is 3. The van der Waals surface area contributed by atoms with Gasteiger partial charge < -0.3 is 14.0 Å². The number of alkyl halides is 3. The molecule has 1 aromatic heterocycles. The molecule has 40 heavy (non-hydrogen) atoms. The molecule has 0 aliphatic carbocycles. The Kier molecular flexibility index (Phi) is 8.40. The molecular weight excluding hydrogens is 563 g/mol. The molecule has 4 aromatic rings. The summed E-state index contributed by atoms with van der Waals surface area (Å²) >= 11 is 1.39. The predicted octanol–water partition coefficient (Wildman–Crippen LogP) is 5.61. The van der Waals surface area contributed by atoms with Gasteiger partial charge >= 0.3 is 6.36 Å². The molecule has 0 saturated carbocycles. The number of thiazole rings is 1. The van der Waals surface area contributed by atoms with Crippen LogP contribution in [-0.4, -0.2) is 50.0 Å². The standard InChI is InChI=1S/C28H26F3N3O4S2/c29-28(30,31)38-24-10-8-23(9-11-24)32-27-34(15-14-21-4-2-1-3-5-21)26(20-39-27)22-6-12-25(13-7-22)40(35,36)33-16-18-37-19-17-33/h1-13,20H,14-19H2. The van der Waals surface area contributed by atoms with Gasteiger partial charge in [-0.25, -0.2) is 13.4 Å². The second kappa shape index (κ2) is 12.0. The number of aryl methyl sites for hydroxylation is 1. The van der Waals surface area contributed by atoms with E-state index in [2.05, 4.69) is 9.73 Å². The highest BCUT2D eigenvalue weighted by atomic mass is 32.2. The van der Waals surface area contributed by atoms with E-state index >= 15 is 0 Å². The van der Waals surface area contributed by atoms with Crippen LogP contribution in [0.15, 0.2) is 94.1 Å². The molecule has 0 spiro atoms. The number of hydrogen-bond donors (Lipinski definition) is 0. The molecule has 1 saturated heterocycles. The molecule has 1 aliphatic rings. The van der Waals surface area contributed by atoms with E-state index in [1.54, 1.807) is 24.3 Å². The van der Waals surface area contributed by atoms with Crippen LogP contribution in [0.5, 0.6) is 5.75 Å². The lowest BCUT2D eigenvalue weighted by Crippen LogP contribution is -2.40. The molecule has 0 bridgehead atoms. The molecule has 7 nitrogen and oxygen atoms in total. The summed E-state index contributed by atoms with van der Waals surface area (Å²) in [5.74, 6) is -0.317. The summed E-state index contributed by atoms with van der Waals surface area (Å²) in [4.78, 5) is 5.56. The largest absolute Gasteiger partial charge is 0.573 e. The van der Waals surface area contributed by atoms with E-state index in [4.69, 9.17) is 4.74 Å². The SMILES string of the molecule is O=S(=O)(c1ccc(-c2csc(=Nc3ccc(OC(F)(F)F)cc3)n2CCc2ccccc2)cc1)N1CCOCC1. The monoisotopic (exact) mass is 589 g/mol. The molecule has 0 atom stereocenters. The first-order valence-corrected chi connectivity index (χ1v) is 14.8. The van der Waals surface area contributed by atoms with Crippen molar-refractivity contribution >= 4 is 27.0 Å². The molecule has 0 unspecified atom stereocenters. The van der Waals surface area contributed by atoms with Crippen LogP contribution in [-0.2, 0) is 27.7 Å². The Bertz CT molecular complexity index is 1590. The van der Waals surface area contributed by atoms with Crippen LogP contribution in [0.25, 0.3) is 11.3 Å². The number of ether oxygens (including phenoxy) is 2. The van der Waals surface area contributed by atoms with Gasteiger partial charge in [-0.05, 0) is 53.9 Å². The summed E-state index contributed by atoms with van der Waals surface area (Å²) in [5.41, 5.74) is 3.29. The second-order valence-electron chi connectivity index (χ2n) is 8.99. The Balaban J connectivity index is 1.46. The number of morpholine rings is 1. The molecule has 210 valence electrons. The van der Waals surface area contributed by atoms with Crippen molar-refractivity contribution in [2.45, 2.75) is 24.2 Å². The fourth-order valence-corrected chi connectivity index (χ4v) is 6.68. The second-order valence-corrected chi connectivity index (χ2v) is 11.8. The van der Waals surface area contributed by atoms with Gasteiger partial charge in [-0.1, -0.05) is 42.5 Å². The van der Waals surface area contributed by atoms with Crippen molar-refractivity contribution in [2.75, 3.05) is 26.3 Å². The van der Waals surface area contributed by atoms with E-state index in [-0.39, 0.29) is 10.6 Å². The van der Waals surface area contributed by atoms with Gasteiger partial charge in [0.25, 0.3) is 0 Å². The molecule has 1 fully saturated rings. The first-order valence-electron chi connectivity index (χ1n) is 12.5. The molecule has 12 heteroatoms. The lowest BCUT2D eigenvalue weighted by molar-refractivity contribution is -0.274. The van der Waals surface area contributed by atoms with Crippen LogP contribution in [0, 0.1) is 0 Å². The zero-order valence-electron chi connectivity index (χ0n) is 21.3.